The quantitative estimate of drug-likeness (QED) is 0.511. The van der Waals surface area contributed by atoms with Gasteiger partial charge in [0.15, 0.2) is 5.84 Å². The first-order chi connectivity index (χ1) is 13.0. The smallest absolute Gasteiger partial charge is 0.343 e. The average molecular weight is 363 g/mol. The van der Waals surface area contributed by atoms with Crippen molar-refractivity contribution in [1.29, 1.82) is 0 Å². The van der Waals surface area contributed by atoms with Crippen LogP contribution in [0.25, 0.3) is 0 Å². The van der Waals surface area contributed by atoms with Crippen LogP contribution in [-0.4, -0.2) is 40.1 Å². The Morgan fingerprint density at radius 3 is 2.52 bits per heavy atom. The number of hydrogen-bond donors (Lipinski definition) is 1. The normalized spacial score (nSPS) is 15.0. The van der Waals surface area contributed by atoms with Gasteiger partial charge in [-0.3, -0.25) is 9.78 Å². The van der Waals surface area contributed by atoms with Crippen LogP contribution in [0, 0.1) is 0 Å². The molecule has 0 aliphatic carbocycles. The van der Waals surface area contributed by atoms with E-state index in [1.54, 1.807) is 49.5 Å². The summed E-state index contributed by atoms with van der Waals surface area (Å²) in [5.74, 6) is -1.24. The van der Waals surface area contributed by atoms with Crippen LogP contribution >= 0.6 is 0 Å². The summed E-state index contributed by atoms with van der Waals surface area (Å²) in [4.78, 5) is 37.0. The fourth-order valence-electron chi connectivity index (χ4n) is 2.66. The van der Waals surface area contributed by atoms with Crippen molar-refractivity contribution >= 4 is 23.4 Å². The van der Waals surface area contributed by atoms with Gasteiger partial charge in [-0.1, -0.05) is 24.3 Å². The number of aliphatic hydroxyl groups excluding tert-OH is 1. The molecule has 7 heteroatoms. The lowest BCUT2D eigenvalue weighted by atomic mass is 9.99. The van der Waals surface area contributed by atoms with Gasteiger partial charge in [0, 0.05) is 23.5 Å². The van der Waals surface area contributed by atoms with Gasteiger partial charge in [0.1, 0.15) is 11.3 Å². The van der Waals surface area contributed by atoms with Gasteiger partial charge in [0.05, 0.1) is 17.9 Å². The van der Waals surface area contributed by atoms with Crippen LogP contribution in [0.15, 0.2) is 70.1 Å². The number of aliphatic imine (C=N–C) groups is 2. The van der Waals surface area contributed by atoms with Crippen molar-refractivity contribution in [3.63, 3.8) is 0 Å². The maximum Gasteiger partial charge on any atom is 0.343 e. The van der Waals surface area contributed by atoms with Crippen LogP contribution < -0.4 is 0 Å². The van der Waals surface area contributed by atoms with E-state index in [0.29, 0.717) is 16.7 Å². The Balaban J connectivity index is 2.10. The highest BCUT2D eigenvalue weighted by Gasteiger charge is 2.30. The number of benzene rings is 1. The zero-order valence-corrected chi connectivity index (χ0v) is 14.8. The third kappa shape index (κ3) is 3.67. The number of fused-ring (bicyclic) bond motifs is 1. The summed E-state index contributed by atoms with van der Waals surface area (Å²) in [5, 5.41) is 10.0. The Morgan fingerprint density at radius 1 is 1.15 bits per heavy atom. The number of carbonyl (C=O) groups excluding carboxylic acids is 2. The average Bonchev–Trinajstić information content (AvgIpc) is 3.01. The van der Waals surface area contributed by atoms with Crippen LogP contribution in [0.4, 0.5) is 0 Å². The molecule has 27 heavy (non-hydrogen) atoms. The highest BCUT2D eigenvalue weighted by atomic mass is 16.5. The molecule has 1 aliphatic rings. The van der Waals surface area contributed by atoms with Crippen molar-refractivity contribution in [3.8, 4) is 0 Å². The number of aliphatic hydroxyl groups is 1. The topological polar surface area (TPSA) is 101 Å². The molecule has 136 valence electrons. The van der Waals surface area contributed by atoms with Gasteiger partial charge in [-0.05, 0) is 26.0 Å². The second-order valence-corrected chi connectivity index (χ2v) is 5.67. The molecule has 3 rings (SSSR count). The Labute approximate surface area is 155 Å². The number of ether oxygens (including phenoxy) is 1. The zero-order valence-electron chi connectivity index (χ0n) is 14.8. The summed E-state index contributed by atoms with van der Waals surface area (Å²) < 4.78 is 5.03. The Kier molecular flexibility index (Phi) is 5.21. The number of amides is 1. The molecule has 0 fully saturated rings. The summed E-state index contributed by atoms with van der Waals surface area (Å²) in [5.41, 5.74) is 1.68. The Morgan fingerprint density at radius 2 is 1.89 bits per heavy atom. The zero-order chi connectivity index (χ0) is 19.4. The molecule has 1 aromatic carbocycles. The Bertz CT molecular complexity index is 987. The molecule has 1 N–H and O–H groups in total. The standard InChI is InChI=1S/C20H17N3O4/c1-3-27-20(26)16(12(2)24)17-14-8-4-5-9-15(14)18(22-17)23-19(25)13-7-6-10-21-11-13/h4-11,24H,3H2,1-2H3/b16-12-,23-18?. The fourth-order valence-corrected chi connectivity index (χ4v) is 2.66. The van der Waals surface area contributed by atoms with Crippen LogP contribution in [0.3, 0.4) is 0 Å². The Hall–Kier alpha value is -3.61. The lowest BCUT2D eigenvalue weighted by Gasteiger charge is -2.08. The lowest BCUT2D eigenvalue weighted by Crippen LogP contribution is -2.18. The van der Waals surface area contributed by atoms with E-state index in [9.17, 15) is 14.7 Å². The van der Waals surface area contributed by atoms with Gasteiger partial charge in [0.25, 0.3) is 5.91 Å². The molecule has 0 bridgehead atoms. The van der Waals surface area contributed by atoms with Gasteiger partial charge >= 0.3 is 5.97 Å². The van der Waals surface area contributed by atoms with Crippen LogP contribution in [0.5, 0.6) is 0 Å². The maximum atomic E-state index is 12.4. The van der Waals surface area contributed by atoms with Gasteiger partial charge < -0.3 is 9.84 Å². The number of rotatable bonds is 4. The number of aromatic nitrogens is 1. The monoisotopic (exact) mass is 363 g/mol. The van der Waals surface area contributed by atoms with Crippen molar-refractivity contribution in [2.24, 2.45) is 9.98 Å². The lowest BCUT2D eigenvalue weighted by molar-refractivity contribution is -0.138. The highest BCUT2D eigenvalue weighted by Crippen LogP contribution is 2.25. The SMILES string of the molecule is CCOC(=O)/C(C1=NC(=NC(=O)c2cccnc2)c2ccccc21)=C(/C)O. The third-order valence-electron chi connectivity index (χ3n) is 3.83. The third-order valence-corrected chi connectivity index (χ3v) is 3.83. The van der Waals surface area contributed by atoms with Gasteiger partial charge in [-0.25, -0.2) is 9.79 Å². The van der Waals surface area contributed by atoms with E-state index in [0.717, 1.165) is 0 Å². The predicted octanol–water partition coefficient (Wildman–Crippen LogP) is 2.87. The summed E-state index contributed by atoms with van der Waals surface area (Å²) in [6.45, 7) is 3.21. The number of amidine groups is 1. The molecule has 2 heterocycles. The molecule has 0 atom stereocenters. The van der Waals surface area contributed by atoms with Crippen molar-refractivity contribution in [1.82, 2.24) is 4.98 Å². The molecule has 0 spiro atoms. The molecule has 0 saturated heterocycles. The van der Waals surface area contributed by atoms with Crippen molar-refractivity contribution in [3.05, 3.63) is 76.8 Å². The van der Waals surface area contributed by atoms with E-state index >= 15 is 0 Å². The van der Waals surface area contributed by atoms with E-state index in [-0.39, 0.29) is 29.5 Å². The number of hydrogen-bond acceptors (Lipinski definition) is 5. The maximum absolute atomic E-state index is 12.4. The molecule has 2 aromatic rings. The van der Waals surface area contributed by atoms with Crippen LogP contribution in [-0.2, 0) is 9.53 Å². The van der Waals surface area contributed by atoms with Crippen LogP contribution in [0.1, 0.15) is 35.3 Å². The van der Waals surface area contributed by atoms with E-state index in [1.165, 1.54) is 13.1 Å². The van der Waals surface area contributed by atoms with E-state index < -0.39 is 11.9 Å². The molecule has 0 saturated carbocycles. The first-order valence-electron chi connectivity index (χ1n) is 8.31. The summed E-state index contributed by atoms with van der Waals surface area (Å²) >= 11 is 0. The molecule has 0 radical (unpaired) electrons. The van der Waals surface area contributed by atoms with Crippen molar-refractivity contribution < 1.29 is 19.4 Å². The number of esters is 1. The second-order valence-electron chi connectivity index (χ2n) is 5.67. The minimum Gasteiger partial charge on any atom is -0.512 e. The van der Waals surface area contributed by atoms with Crippen molar-refractivity contribution in [2.75, 3.05) is 6.61 Å². The van der Waals surface area contributed by atoms with Gasteiger partial charge in [-0.15, -0.1) is 0 Å². The van der Waals surface area contributed by atoms with E-state index in [4.69, 9.17) is 4.74 Å². The van der Waals surface area contributed by atoms with E-state index in [2.05, 4.69) is 15.0 Å². The number of nitrogens with zero attached hydrogens (tertiary/aromatic N) is 3. The van der Waals surface area contributed by atoms with Gasteiger partial charge in [0.2, 0.25) is 0 Å². The molecule has 1 amide bonds. The fraction of sp³-hybridized carbons (Fsp3) is 0.150. The second kappa shape index (κ2) is 7.74. The highest BCUT2D eigenvalue weighted by molar-refractivity contribution is 6.36. The molecular formula is C20H17N3O4. The van der Waals surface area contributed by atoms with E-state index in [1.807, 2.05) is 0 Å². The number of pyridine rings is 1. The first-order valence-corrected chi connectivity index (χ1v) is 8.31. The molecule has 1 aliphatic heterocycles. The summed E-state index contributed by atoms with van der Waals surface area (Å²) in [6.07, 6.45) is 2.98. The molecule has 0 unspecified atom stereocenters. The number of allylic oxidation sites excluding steroid dienone is 1. The predicted molar refractivity (Wildman–Crippen MR) is 100 cm³/mol. The summed E-state index contributed by atoms with van der Waals surface area (Å²) in [6, 6.07) is 10.3. The van der Waals surface area contributed by atoms with Gasteiger partial charge in [-0.2, -0.15) is 4.99 Å². The minimum atomic E-state index is -0.689. The molecule has 7 nitrogen and oxygen atoms in total. The first kappa shape index (κ1) is 18.2. The largest absolute Gasteiger partial charge is 0.512 e. The molecular weight excluding hydrogens is 346 g/mol. The number of carbonyl (C=O) groups is 2. The summed E-state index contributed by atoms with van der Waals surface area (Å²) in [7, 11) is 0. The minimum absolute atomic E-state index is 0.0525. The van der Waals surface area contributed by atoms with Crippen LogP contribution in [0.2, 0.25) is 0 Å². The molecule has 1 aromatic heterocycles. The van der Waals surface area contributed by atoms with Crippen molar-refractivity contribution in [2.45, 2.75) is 13.8 Å².